The van der Waals surface area contributed by atoms with Crippen LogP contribution in [0, 0.1) is 41.5 Å². The van der Waals surface area contributed by atoms with E-state index in [9.17, 15) is 0 Å². The fourth-order valence-electron chi connectivity index (χ4n) is 4.62. The third-order valence-electron chi connectivity index (χ3n) is 5.34. The van der Waals surface area contributed by atoms with E-state index in [1.165, 1.54) is 44.8 Å². The van der Waals surface area contributed by atoms with E-state index in [1.807, 2.05) is 0 Å². The van der Waals surface area contributed by atoms with Crippen molar-refractivity contribution in [3.63, 3.8) is 0 Å². The Balaban J connectivity index is 2.00. The highest BCUT2D eigenvalue weighted by molar-refractivity contribution is 5.67. The van der Waals surface area contributed by atoms with Gasteiger partial charge in [-0.05, 0) is 63.8 Å². The monoisotopic (exact) mass is 337 g/mol. The van der Waals surface area contributed by atoms with Crippen LogP contribution in [0.5, 0.6) is 0 Å². The predicted octanol–water partition coefficient (Wildman–Crippen LogP) is 4.15. The van der Waals surface area contributed by atoms with Crippen LogP contribution in [0.15, 0.2) is 24.3 Å². The van der Waals surface area contributed by atoms with Crippen molar-refractivity contribution in [2.45, 2.75) is 47.6 Å². The van der Waals surface area contributed by atoms with Crippen LogP contribution in [0.4, 0.5) is 11.4 Å². The molecule has 134 valence electrons. The molecule has 0 aliphatic carbocycles. The maximum absolute atomic E-state index is 6.16. The smallest absolute Gasteiger partial charge is 0.0908 e. The molecular weight excluding hydrogens is 306 g/mol. The largest absolute Gasteiger partial charge is 0.351 e. The minimum absolute atomic E-state index is 0.347. The van der Waals surface area contributed by atoms with Gasteiger partial charge in [-0.3, -0.25) is 0 Å². The Morgan fingerprint density at radius 1 is 0.800 bits per heavy atom. The summed E-state index contributed by atoms with van der Waals surface area (Å²) in [4.78, 5) is 5.00. The summed E-state index contributed by atoms with van der Waals surface area (Å²) >= 11 is 0. The van der Waals surface area contributed by atoms with Crippen molar-refractivity contribution in [2.75, 3.05) is 29.6 Å². The highest BCUT2D eigenvalue weighted by Crippen LogP contribution is 2.35. The van der Waals surface area contributed by atoms with Crippen molar-refractivity contribution in [2.24, 2.45) is 5.73 Å². The van der Waals surface area contributed by atoms with E-state index in [4.69, 9.17) is 5.73 Å². The van der Waals surface area contributed by atoms with E-state index in [-0.39, 0.29) is 0 Å². The molecule has 1 atom stereocenters. The maximum atomic E-state index is 6.16. The Morgan fingerprint density at radius 2 is 1.24 bits per heavy atom. The Labute approximate surface area is 152 Å². The average Bonchev–Trinajstić information content (AvgIpc) is 2.88. The molecular formula is C22H31N3. The van der Waals surface area contributed by atoms with Crippen molar-refractivity contribution in [1.29, 1.82) is 0 Å². The molecule has 1 saturated heterocycles. The van der Waals surface area contributed by atoms with Crippen LogP contribution in [-0.4, -0.2) is 25.8 Å². The third kappa shape index (κ3) is 3.25. The van der Waals surface area contributed by atoms with Gasteiger partial charge in [0.05, 0.1) is 12.7 Å². The summed E-state index contributed by atoms with van der Waals surface area (Å²) in [5, 5.41) is 0. The molecule has 3 nitrogen and oxygen atoms in total. The molecule has 0 amide bonds. The molecule has 0 spiro atoms. The van der Waals surface area contributed by atoms with Gasteiger partial charge in [0, 0.05) is 24.5 Å². The van der Waals surface area contributed by atoms with Crippen LogP contribution in [0.1, 0.15) is 33.4 Å². The van der Waals surface area contributed by atoms with Gasteiger partial charge in [-0.25, -0.2) is 0 Å². The number of hydrogen-bond donors (Lipinski definition) is 1. The fourth-order valence-corrected chi connectivity index (χ4v) is 4.62. The third-order valence-corrected chi connectivity index (χ3v) is 5.34. The second kappa shape index (κ2) is 6.72. The summed E-state index contributed by atoms with van der Waals surface area (Å²) in [7, 11) is 0. The number of anilines is 2. The van der Waals surface area contributed by atoms with E-state index in [1.54, 1.807) is 0 Å². The van der Waals surface area contributed by atoms with E-state index >= 15 is 0 Å². The molecule has 1 heterocycles. The fraction of sp³-hybridized carbons (Fsp3) is 0.455. The summed E-state index contributed by atoms with van der Waals surface area (Å²) in [6.07, 6.45) is 0. The highest BCUT2D eigenvalue weighted by Gasteiger charge is 2.32. The molecule has 1 unspecified atom stereocenters. The summed E-state index contributed by atoms with van der Waals surface area (Å²) in [5.41, 5.74) is 16.9. The molecule has 1 fully saturated rings. The van der Waals surface area contributed by atoms with Gasteiger partial charge in [0.1, 0.15) is 0 Å². The quantitative estimate of drug-likeness (QED) is 0.913. The lowest BCUT2D eigenvalue weighted by Gasteiger charge is -2.29. The molecule has 3 heteroatoms. The topological polar surface area (TPSA) is 32.5 Å². The lowest BCUT2D eigenvalue weighted by Crippen LogP contribution is -2.37. The van der Waals surface area contributed by atoms with Gasteiger partial charge in [0.25, 0.3) is 0 Å². The first-order valence-electron chi connectivity index (χ1n) is 9.19. The lowest BCUT2D eigenvalue weighted by molar-refractivity contribution is 0.710. The van der Waals surface area contributed by atoms with Crippen molar-refractivity contribution in [3.8, 4) is 0 Å². The lowest BCUT2D eigenvalue weighted by atomic mass is 10.0. The summed E-state index contributed by atoms with van der Waals surface area (Å²) in [6.45, 7) is 15.8. The zero-order valence-corrected chi connectivity index (χ0v) is 16.5. The SMILES string of the molecule is Cc1cc(C)c(N2CC(CN)N(c3c(C)cc(C)cc3C)C2)c(C)c1. The molecule has 0 bridgehead atoms. The molecule has 2 aromatic carbocycles. The number of aryl methyl sites for hydroxylation is 6. The van der Waals surface area contributed by atoms with Crippen LogP contribution in [0.2, 0.25) is 0 Å². The van der Waals surface area contributed by atoms with Crippen LogP contribution < -0.4 is 15.5 Å². The maximum Gasteiger partial charge on any atom is 0.0908 e. The molecule has 0 aromatic heterocycles. The van der Waals surface area contributed by atoms with Crippen LogP contribution in [0.25, 0.3) is 0 Å². The van der Waals surface area contributed by atoms with Crippen LogP contribution in [0.3, 0.4) is 0 Å². The number of nitrogens with two attached hydrogens (primary N) is 1. The first-order valence-corrected chi connectivity index (χ1v) is 9.19. The Bertz CT molecular complexity index is 748. The molecule has 1 aliphatic heterocycles. The van der Waals surface area contributed by atoms with E-state index in [2.05, 4.69) is 75.6 Å². The Hall–Kier alpha value is -2.00. The second-order valence-corrected chi connectivity index (χ2v) is 7.72. The zero-order valence-electron chi connectivity index (χ0n) is 16.5. The van der Waals surface area contributed by atoms with Crippen molar-refractivity contribution in [3.05, 3.63) is 57.6 Å². The molecule has 2 N–H and O–H groups in total. The van der Waals surface area contributed by atoms with Gasteiger partial charge in [-0.15, -0.1) is 0 Å². The van der Waals surface area contributed by atoms with Crippen LogP contribution in [-0.2, 0) is 0 Å². The van der Waals surface area contributed by atoms with Crippen molar-refractivity contribution >= 4 is 11.4 Å². The van der Waals surface area contributed by atoms with Gasteiger partial charge in [0.15, 0.2) is 0 Å². The number of rotatable bonds is 3. The first kappa shape index (κ1) is 17.8. The minimum atomic E-state index is 0.347. The van der Waals surface area contributed by atoms with Crippen LogP contribution >= 0.6 is 0 Å². The van der Waals surface area contributed by atoms with Gasteiger partial charge in [-0.1, -0.05) is 35.4 Å². The highest BCUT2D eigenvalue weighted by atomic mass is 15.4. The second-order valence-electron chi connectivity index (χ2n) is 7.72. The average molecular weight is 338 g/mol. The van der Waals surface area contributed by atoms with Gasteiger partial charge < -0.3 is 15.5 Å². The molecule has 1 aliphatic rings. The molecule has 3 rings (SSSR count). The number of nitrogens with zero attached hydrogens (tertiary/aromatic N) is 2. The Kier molecular flexibility index (Phi) is 4.79. The standard InChI is InChI=1S/C22H31N3/c1-14-7-16(3)21(17(4)8-14)24-12-20(11-23)25(13-24)22-18(5)9-15(2)10-19(22)6/h7-10,20H,11-13,23H2,1-6H3. The Morgan fingerprint density at radius 3 is 1.68 bits per heavy atom. The summed E-state index contributed by atoms with van der Waals surface area (Å²) in [5.74, 6) is 0. The zero-order chi connectivity index (χ0) is 18.3. The van der Waals surface area contributed by atoms with Gasteiger partial charge >= 0.3 is 0 Å². The number of benzene rings is 2. The van der Waals surface area contributed by atoms with Crippen molar-refractivity contribution < 1.29 is 0 Å². The normalized spacial score (nSPS) is 17.5. The first-order chi connectivity index (χ1) is 11.8. The number of hydrogen-bond acceptors (Lipinski definition) is 3. The summed E-state index contributed by atoms with van der Waals surface area (Å²) in [6, 6.07) is 9.47. The van der Waals surface area contributed by atoms with Gasteiger partial charge in [0.2, 0.25) is 0 Å². The van der Waals surface area contributed by atoms with E-state index < -0.39 is 0 Å². The van der Waals surface area contributed by atoms with Crippen molar-refractivity contribution in [1.82, 2.24) is 0 Å². The molecule has 0 radical (unpaired) electrons. The molecule has 2 aromatic rings. The van der Waals surface area contributed by atoms with E-state index in [0.717, 1.165) is 13.2 Å². The summed E-state index contributed by atoms with van der Waals surface area (Å²) < 4.78 is 0. The molecule has 25 heavy (non-hydrogen) atoms. The van der Waals surface area contributed by atoms with E-state index in [0.29, 0.717) is 12.6 Å². The minimum Gasteiger partial charge on any atom is -0.351 e. The predicted molar refractivity (Wildman–Crippen MR) is 109 cm³/mol. The molecule has 0 saturated carbocycles. The van der Waals surface area contributed by atoms with Gasteiger partial charge in [-0.2, -0.15) is 0 Å².